The Kier molecular flexibility index (Phi) is 5.95. The zero-order valence-electron chi connectivity index (χ0n) is 14.0. The molecule has 0 heterocycles. The molecule has 126 valence electrons. The third-order valence-corrected chi connectivity index (χ3v) is 3.48. The molecule has 5 nitrogen and oxygen atoms in total. The molecule has 0 saturated heterocycles. The summed E-state index contributed by atoms with van der Waals surface area (Å²) in [6.45, 7) is 3.47. The first kappa shape index (κ1) is 17.5. The highest BCUT2D eigenvalue weighted by atomic mass is 16.6. The molecule has 0 aliphatic rings. The van der Waals surface area contributed by atoms with Crippen molar-refractivity contribution in [2.45, 2.75) is 26.9 Å². The van der Waals surface area contributed by atoms with Gasteiger partial charge in [0.1, 0.15) is 6.61 Å². The van der Waals surface area contributed by atoms with Crippen molar-refractivity contribution in [1.29, 1.82) is 0 Å². The van der Waals surface area contributed by atoms with Crippen molar-refractivity contribution in [2.75, 3.05) is 7.11 Å². The fourth-order valence-corrected chi connectivity index (χ4v) is 2.41. The van der Waals surface area contributed by atoms with Gasteiger partial charge >= 0.3 is 11.9 Å². The summed E-state index contributed by atoms with van der Waals surface area (Å²) >= 11 is 0. The van der Waals surface area contributed by atoms with Crippen LogP contribution in [0.5, 0.6) is 11.5 Å². The summed E-state index contributed by atoms with van der Waals surface area (Å²) in [5.41, 5.74) is 1.98. The first-order chi connectivity index (χ1) is 11.6. The van der Waals surface area contributed by atoms with E-state index >= 15 is 0 Å². The van der Waals surface area contributed by atoms with E-state index in [0.29, 0.717) is 35.7 Å². The monoisotopic (exact) mass is 328 g/mol. The summed E-state index contributed by atoms with van der Waals surface area (Å²) in [7, 11) is 1.52. The first-order valence-corrected chi connectivity index (χ1v) is 7.66. The highest BCUT2D eigenvalue weighted by Crippen LogP contribution is 2.35. The molecule has 0 radical (unpaired) electrons. The summed E-state index contributed by atoms with van der Waals surface area (Å²) < 4.78 is 15.9. The molecular formula is C19H20O5. The van der Waals surface area contributed by atoms with Gasteiger partial charge in [-0.3, -0.25) is 4.79 Å². The van der Waals surface area contributed by atoms with Crippen LogP contribution >= 0.6 is 0 Å². The minimum Gasteiger partial charge on any atom is -0.493 e. The van der Waals surface area contributed by atoms with Gasteiger partial charge in [0.15, 0.2) is 11.5 Å². The van der Waals surface area contributed by atoms with Gasteiger partial charge in [-0.1, -0.05) is 37.3 Å². The molecule has 0 saturated carbocycles. The van der Waals surface area contributed by atoms with Gasteiger partial charge in [0.25, 0.3) is 0 Å². The van der Waals surface area contributed by atoms with Gasteiger partial charge in [-0.15, -0.1) is 0 Å². The lowest BCUT2D eigenvalue weighted by molar-refractivity contribution is -0.135. The van der Waals surface area contributed by atoms with Gasteiger partial charge in [0.2, 0.25) is 0 Å². The van der Waals surface area contributed by atoms with Crippen molar-refractivity contribution in [1.82, 2.24) is 0 Å². The Bertz CT molecular complexity index is 722. The van der Waals surface area contributed by atoms with E-state index < -0.39 is 11.9 Å². The molecule has 0 fully saturated rings. The molecule has 0 bridgehead atoms. The number of hydrogen-bond donors (Lipinski definition) is 0. The summed E-state index contributed by atoms with van der Waals surface area (Å²) in [5.74, 6) is -0.318. The Balaban J connectivity index is 2.29. The average molecular weight is 328 g/mol. The van der Waals surface area contributed by atoms with Gasteiger partial charge in [-0.05, 0) is 24.1 Å². The molecule has 0 aliphatic heterocycles. The number of ether oxygens (including phenoxy) is 3. The predicted octanol–water partition coefficient (Wildman–Crippen LogP) is 3.54. The quantitative estimate of drug-likeness (QED) is 0.599. The summed E-state index contributed by atoms with van der Waals surface area (Å²) in [6, 6.07) is 13.0. The van der Waals surface area contributed by atoms with Crippen molar-refractivity contribution in [3.8, 4) is 11.5 Å². The number of carbonyl (C=O) groups is 2. The van der Waals surface area contributed by atoms with Crippen molar-refractivity contribution < 1.29 is 23.8 Å². The fourth-order valence-electron chi connectivity index (χ4n) is 2.41. The highest BCUT2D eigenvalue weighted by molar-refractivity contribution is 5.98. The number of rotatable bonds is 6. The van der Waals surface area contributed by atoms with Gasteiger partial charge in [-0.25, -0.2) is 4.79 Å². The molecular weight excluding hydrogens is 308 g/mol. The second-order valence-corrected chi connectivity index (χ2v) is 5.13. The van der Waals surface area contributed by atoms with Crippen LogP contribution in [0.2, 0.25) is 0 Å². The van der Waals surface area contributed by atoms with E-state index in [1.54, 1.807) is 12.1 Å². The molecule has 5 heteroatoms. The summed E-state index contributed by atoms with van der Waals surface area (Å²) in [5, 5.41) is 0. The average Bonchev–Trinajstić information content (AvgIpc) is 2.59. The van der Waals surface area contributed by atoms with E-state index in [1.807, 2.05) is 37.3 Å². The highest BCUT2D eigenvalue weighted by Gasteiger charge is 2.20. The second-order valence-electron chi connectivity index (χ2n) is 5.13. The molecule has 0 unspecified atom stereocenters. The smallest absolute Gasteiger partial charge is 0.346 e. The lowest BCUT2D eigenvalue weighted by Gasteiger charge is -2.16. The predicted molar refractivity (Wildman–Crippen MR) is 89.2 cm³/mol. The number of esters is 2. The maximum Gasteiger partial charge on any atom is 0.346 e. The zero-order chi connectivity index (χ0) is 17.5. The third kappa shape index (κ3) is 4.13. The van der Waals surface area contributed by atoms with Crippen LogP contribution < -0.4 is 9.47 Å². The molecule has 2 aromatic rings. The molecule has 0 atom stereocenters. The van der Waals surface area contributed by atoms with E-state index in [0.717, 1.165) is 5.56 Å². The largest absolute Gasteiger partial charge is 0.493 e. The second kappa shape index (κ2) is 8.15. The van der Waals surface area contributed by atoms with Gasteiger partial charge < -0.3 is 14.2 Å². The minimum absolute atomic E-state index is 0.302. The Hall–Kier alpha value is -2.82. The van der Waals surface area contributed by atoms with E-state index in [4.69, 9.17) is 9.47 Å². The Labute approximate surface area is 141 Å². The minimum atomic E-state index is -0.688. The van der Waals surface area contributed by atoms with E-state index in [9.17, 15) is 9.59 Å². The first-order valence-electron chi connectivity index (χ1n) is 7.66. The van der Waals surface area contributed by atoms with Crippen molar-refractivity contribution in [2.24, 2.45) is 0 Å². The van der Waals surface area contributed by atoms with Crippen LogP contribution in [0.25, 0.3) is 0 Å². The molecule has 0 N–H and O–H groups in total. The van der Waals surface area contributed by atoms with E-state index in [1.165, 1.54) is 14.0 Å². The van der Waals surface area contributed by atoms with E-state index in [-0.39, 0.29) is 0 Å². The van der Waals surface area contributed by atoms with Crippen LogP contribution in [0.1, 0.15) is 35.3 Å². The molecule has 0 amide bonds. The Morgan fingerprint density at radius 3 is 2.33 bits per heavy atom. The van der Waals surface area contributed by atoms with Crippen molar-refractivity contribution in [3.63, 3.8) is 0 Å². The maximum atomic E-state index is 12.1. The van der Waals surface area contributed by atoms with E-state index in [2.05, 4.69) is 4.74 Å². The fraction of sp³-hybridized carbons (Fsp3) is 0.263. The lowest BCUT2D eigenvalue weighted by Crippen LogP contribution is -2.13. The Morgan fingerprint density at radius 1 is 1.04 bits per heavy atom. The number of carbonyl (C=O) groups excluding carboxylic acids is 2. The van der Waals surface area contributed by atoms with Crippen LogP contribution in [0.15, 0.2) is 42.5 Å². The van der Waals surface area contributed by atoms with Crippen molar-refractivity contribution in [3.05, 3.63) is 59.2 Å². The van der Waals surface area contributed by atoms with Gasteiger partial charge in [-0.2, -0.15) is 0 Å². The third-order valence-electron chi connectivity index (χ3n) is 3.48. The van der Waals surface area contributed by atoms with Gasteiger partial charge in [0, 0.05) is 12.5 Å². The lowest BCUT2D eigenvalue weighted by atomic mass is 10.0. The number of methoxy groups -OCH3 is 1. The van der Waals surface area contributed by atoms with Crippen LogP contribution in [0.3, 0.4) is 0 Å². The van der Waals surface area contributed by atoms with Crippen molar-refractivity contribution >= 4 is 11.9 Å². The molecule has 24 heavy (non-hydrogen) atoms. The van der Waals surface area contributed by atoms with Crippen LogP contribution in [0.4, 0.5) is 0 Å². The molecule has 0 aromatic heterocycles. The topological polar surface area (TPSA) is 61.8 Å². The SMILES string of the molecule is CCc1c(C(=O)OC(C)=O)ccc(OCc2ccccc2)c1OC. The van der Waals surface area contributed by atoms with Crippen LogP contribution in [0, 0.1) is 0 Å². The summed E-state index contributed by atoms with van der Waals surface area (Å²) in [4.78, 5) is 23.1. The Morgan fingerprint density at radius 2 is 1.75 bits per heavy atom. The molecule has 0 aliphatic carbocycles. The molecule has 0 spiro atoms. The molecule has 2 rings (SSSR count). The van der Waals surface area contributed by atoms with Crippen LogP contribution in [-0.2, 0) is 22.6 Å². The zero-order valence-corrected chi connectivity index (χ0v) is 14.0. The number of benzene rings is 2. The molecule has 2 aromatic carbocycles. The summed E-state index contributed by atoms with van der Waals surface area (Å²) in [6.07, 6.45) is 0.536. The van der Waals surface area contributed by atoms with Crippen LogP contribution in [-0.4, -0.2) is 19.0 Å². The van der Waals surface area contributed by atoms with Gasteiger partial charge in [0.05, 0.1) is 12.7 Å². The normalized spacial score (nSPS) is 10.1. The number of hydrogen-bond acceptors (Lipinski definition) is 5. The standard InChI is InChI=1S/C19H20O5/c1-4-15-16(19(21)24-13(2)20)10-11-17(18(15)22-3)23-12-14-8-6-5-7-9-14/h5-11H,4,12H2,1-3H3. The maximum absolute atomic E-state index is 12.1.